The van der Waals surface area contributed by atoms with E-state index >= 15 is 0 Å². The molecule has 1 aliphatic rings. The van der Waals surface area contributed by atoms with Crippen LogP contribution >= 0.6 is 12.4 Å². The van der Waals surface area contributed by atoms with Crippen LogP contribution in [0.3, 0.4) is 0 Å². The molecular formula is C18H27ClN2O3. The molecule has 1 amide bonds. The highest BCUT2D eigenvalue weighted by atomic mass is 35.5. The van der Waals surface area contributed by atoms with Gasteiger partial charge in [-0.15, -0.1) is 12.4 Å². The van der Waals surface area contributed by atoms with Gasteiger partial charge in [-0.1, -0.05) is 18.2 Å². The van der Waals surface area contributed by atoms with Crippen molar-refractivity contribution in [2.75, 3.05) is 33.9 Å². The number of hydrogen-bond acceptors (Lipinski definition) is 4. The summed E-state index contributed by atoms with van der Waals surface area (Å²) in [4.78, 5) is 14.3. The lowest BCUT2D eigenvalue weighted by molar-refractivity contribution is -0.134. The molecule has 0 bridgehead atoms. The number of carbonyl (C=O) groups excluding carboxylic acids is 1. The topological polar surface area (TPSA) is 50.8 Å². The van der Waals surface area contributed by atoms with E-state index in [4.69, 9.17) is 9.47 Å². The van der Waals surface area contributed by atoms with Gasteiger partial charge in [0.25, 0.3) is 5.91 Å². The Morgan fingerprint density at radius 3 is 2.88 bits per heavy atom. The van der Waals surface area contributed by atoms with Crippen LogP contribution < -0.4 is 14.8 Å². The second-order valence-electron chi connectivity index (χ2n) is 5.64. The van der Waals surface area contributed by atoms with Gasteiger partial charge in [0.2, 0.25) is 0 Å². The summed E-state index contributed by atoms with van der Waals surface area (Å²) in [6, 6.07) is 5.97. The number of methoxy groups -OCH3 is 1. The van der Waals surface area contributed by atoms with Crippen molar-refractivity contribution >= 4 is 24.4 Å². The van der Waals surface area contributed by atoms with Gasteiger partial charge in [0.1, 0.15) is 0 Å². The summed E-state index contributed by atoms with van der Waals surface area (Å²) < 4.78 is 11.1. The van der Waals surface area contributed by atoms with Crippen molar-refractivity contribution in [1.82, 2.24) is 10.2 Å². The Bertz CT molecular complexity index is 563. The van der Waals surface area contributed by atoms with E-state index in [0.717, 1.165) is 31.5 Å². The second kappa shape index (κ2) is 10.2. The van der Waals surface area contributed by atoms with Crippen LogP contribution in [0.1, 0.15) is 25.3 Å². The van der Waals surface area contributed by atoms with Crippen LogP contribution in [-0.4, -0.2) is 50.7 Å². The summed E-state index contributed by atoms with van der Waals surface area (Å²) in [5.74, 6) is 1.27. The van der Waals surface area contributed by atoms with Crippen molar-refractivity contribution in [3.8, 4) is 11.5 Å². The van der Waals surface area contributed by atoms with Crippen LogP contribution in [0.5, 0.6) is 11.5 Å². The maximum atomic E-state index is 12.4. The first-order valence-electron chi connectivity index (χ1n) is 8.07. The number of benzene rings is 1. The quantitative estimate of drug-likeness (QED) is 0.818. The number of allylic oxidation sites excluding steroid dienone is 1. The molecule has 0 aromatic heterocycles. The standard InChI is InChI=1S/C18H26N2O3.ClH/c1-4-6-14-8-9-16(17(11-14)22-3)23-13-18(21)20-10-5-7-15(20)12-19-2;/h4,6,8-9,11,15,19H,5,7,10,12-13H2,1-3H3;1H/b6-4+;. The minimum absolute atomic E-state index is 0. The van der Waals surface area contributed by atoms with Gasteiger partial charge < -0.3 is 19.7 Å². The second-order valence-corrected chi connectivity index (χ2v) is 5.64. The van der Waals surface area contributed by atoms with E-state index in [-0.39, 0.29) is 31.0 Å². The molecule has 1 saturated heterocycles. The average Bonchev–Trinajstić information content (AvgIpc) is 3.02. The van der Waals surface area contributed by atoms with E-state index < -0.39 is 0 Å². The van der Waals surface area contributed by atoms with Crippen molar-refractivity contribution < 1.29 is 14.3 Å². The van der Waals surface area contributed by atoms with Crippen molar-refractivity contribution in [2.24, 2.45) is 0 Å². The summed E-state index contributed by atoms with van der Waals surface area (Å²) in [7, 11) is 3.52. The van der Waals surface area contributed by atoms with Crippen LogP contribution in [0.4, 0.5) is 0 Å². The third-order valence-corrected chi connectivity index (χ3v) is 4.04. The number of hydrogen-bond donors (Lipinski definition) is 1. The fourth-order valence-corrected chi connectivity index (χ4v) is 2.93. The van der Waals surface area contributed by atoms with Gasteiger partial charge in [0.15, 0.2) is 18.1 Å². The smallest absolute Gasteiger partial charge is 0.260 e. The number of ether oxygens (including phenoxy) is 2. The largest absolute Gasteiger partial charge is 0.493 e. The molecule has 1 aromatic rings. The minimum atomic E-state index is 0. The lowest BCUT2D eigenvalue weighted by Crippen LogP contribution is -2.43. The molecule has 1 atom stereocenters. The van der Waals surface area contributed by atoms with E-state index in [0.29, 0.717) is 11.5 Å². The Balaban J connectivity index is 0.00000288. The molecule has 0 aliphatic carbocycles. The van der Waals surface area contributed by atoms with Crippen LogP contribution in [0.25, 0.3) is 6.08 Å². The number of nitrogens with one attached hydrogen (secondary N) is 1. The first kappa shape index (κ1) is 20.3. The maximum absolute atomic E-state index is 12.4. The van der Waals surface area contributed by atoms with E-state index in [1.807, 2.05) is 49.2 Å². The Kier molecular flexibility index (Phi) is 8.65. The highest BCUT2D eigenvalue weighted by Gasteiger charge is 2.28. The van der Waals surface area contributed by atoms with Crippen LogP contribution in [0.15, 0.2) is 24.3 Å². The molecule has 0 radical (unpaired) electrons. The number of rotatable bonds is 7. The average molecular weight is 355 g/mol. The van der Waals surface area contributed by atoms with Gasteiger partial charge in [-0.05, 0) is 44.5 Å². The lowest BCUT2D eigenvalue weighted by atomic mass is 10.2. The number of carbonyl (C=O) groups is 1. The lowest BCUT2D eigenvalue weighted by Gasteiger charge is -2.24. The molecule has 2 rings (SSSR count). The molecule has 1 aliphatic heterocycles. The number of nitrogens with zero attached hydrogens (tertiary/aromatic N) is 1. The Hall–Kier alpha value is -1.72. The number of amides is 1. The maximum Gasteiger partial charge on any atom is 0.260 e. The zero-order valence-electron chi connectivity index (χ0n) is 14.6. The Morgan fingerprint density at radius 2 is 2.21 bits per heavy atom. The molecule has 1 N–H and O–H groups in total. The van der Waals surface area contributed by atoms with Gasteiger partial charge in [0.05, 0.1) is 7.11 Å². The molecule has 24 heavy (non-hydrogen) atoms. The highest BCUT2D eigenvalue weighted by Crippen LogP contribution is 2.29. The third kappa shape index (κ3) is 5.14. The summed E-state index contributed by atoms with van der Waals surface area (Å²) in [5.41, 5.74) is 1.04. The van der Waals surface area contributed by atoms with Crippen molar-refractivity contribution in [3.63, 3.8) is 0 Å². The molecule has 6 heteroatoms. The predicted molar refractivity (Wildman–Crippen MR) is 99.1 cm³/mol. The molecule has 0 saturated carbocycles. The van der Waals surface area contributed by atoms with E-state index in [9.17, 15) is 4.79 Å². The minimum Gasteiger partial charge on any atom is -0.493 e. The van der Waals surface area contributed by atoms with E-state index in [2.05, 4.69) is 5.32 Å². The van der Waals surface area contributed by atoms with Crippen LogP contribution in [0, 0.1) is 0 Å². The summed E-state index contributed by atoms with van der Waals surface area (Å²) in [6.07, 6.45) is 6.06. The van der Waals surface area contributed by atoms with Crippen LogP contribution in [0.2, 0.25) is 0 Å². The first-order valence-corrected chi connectivity index (χ1v) is 8.07. The molecule has 1 heterocycles. The molecule has 1 aromatic carbocycles. The zero-order chi connectivity index (χ0) is 16.7. The van der Waals surface area contributed by atoms with E-state index in [1.54, 1.807) is 7.11 Å². The predicted octanol–water partition coefficient (Wildman–Crippen LogP) is 2.74. The monoisotopic (exact) mass is 354 g/mol. The van der Waals surface area contributed by atoms with Gasteiger partial charge in [-0.3, -0.25) is 4.79 Å². The van der Waals surface area contributed by atoms with Crippen LogP contribution in [-0.2, 0) is 4.79 Å². The summed E-state index contributed by atoms with van der Waals surface area (Å²) >= 11 is 0. The van der Waals surface area contributed by atoms with Crippen molar-refractivity contribution in [1.29, 1.82) is 0 Å². The van der Waals surface area contributed by atoms with Gasteiger partial charge in [-0.25, -0.2) is 0 Å². The zero-order valence-corrected chi connectivity index (χ0v) is 15.4. The molecule has 134 valence electrons. The molecular weight excluding hydrogens is 328 g/mol. The normalized spacial score (nSPS) is 17.0. The number of halogens is 1. The fraction of sp³-hybridized carbons (Fsp3) is 0.500. The summed E-state index contributed by atoms with van der Waals surface area (Å²) in [5, 5.41) is 3.14. The molecule has 1 fully saturated rings. The molecule has 1 unspecified atom stereocenters. The molecule has 5 nitrogen and oxygen atoms in total. The van der Waals surface area contributed by atoms with Gasteiger partial charge in [0, 0.05) is 19.1 Å². The molecule has 0 spiro atoms. The third-order valence-electron chi connectivity index (χ3n) is 4.04. The van der Waals surface area contributed by atoms with E-state index in [1.165, 1.54) is 0 Å². The Morgan fingerprint density at radius 1 is 1.42 bits per heavy atom. The number of likely N-dealkylation sites (tertiary alicyclic amines) is 1. The van der Waals surface area contributed by atoms with Gasteiger partial charge in [-0.2, -0.15) is 0 Å². The fourth-order valence-electron chi connectivity index (χ4n) is 2.93. The van der Waals surface area contributed by atoms with Crippen molar-refractivity contribution in [2.45, 2.75) is 25.8 Å². The summed E-state index contributed by atoms with van der Waals surface area (Å²) in [6.45, 7) is 3.64. The highest BCUT2D eigenvalue weighted by molar-refractivity contribution is 5.85. The van der Waals surface area contributed by atoms with Gasteiger partial charge >= 0.3 is 0 Å². The SMILES string of the molecule is C/C=C/c1ccc(OCC(=O)N2CCCC2CNC)c(OC)c1.Cl. The first-order chi connectivity index (χ1) is 11.2. The number of likely N-dealkylation sites (N-methyl/N-ethyl adjacent to an activating group) is 1. The Labute approximate surface area is 150 Å². The van der Waals surface area contributed by atoms with Crippen molar-refractivity contribution in [3.05, 3.63) is 29.8 Å².